The van der Waals surface area contributed by atoms with E-state index < -0.39 is 4.92 Å². The molecule has 0 aliphatic carbocycles. The zero-order valence-corrected chi connectivity index (χ0v) is 9.70. The van der Waals surface area contributed by atoms with Crippen molar-refractivity contribution in [3.8, 4) is 0 Å². The van der Waals surface area contributed by atoms with E-state index in [1.807, 2.05) is 6.07 Å². The van der Waals surface area contributed by atoms with Crippen molar-refractivity contribution in [3.63, 3.8) is 0 Å². The van der Waals surface area contributed by atoms with E-state index in [0.29, 0.717) is 5.69 Å². The van der Waals surface area contributed by atoms with Crippen LogP contribution in [0.1, 0.15) is 17.1 Å². The lowest BCUT2D eigenvalue weighted by Crippen LogP contribution is -2.08. The van der Waals surface area contributed by atoms with Crippen LogP contribution in [-0.4, -0.2) is 19.9 Å². The molecule has 0 spiro atoms. The van der Waals surface area contributed by atoms with Gasteiger partial charge in [0.2, 0.25) is 5.95 Å². The molecule has 2 rings (SSSR count). The maximum Gasteiger partial charge on any atom is 0.312 e. The third-order valence-electron chi connectivity index (χ3n) is 2.41. The van der Waals surface area contributed by atoms with Crippen LogP contribution in [0.2, 0.25) is 0 Å². The lowest BCUT2D eigenvalue weighted by molar-refractivity contribution is -0.386. The Morgan fingerprint density at radius 2 is 2.17 bits per heavy atom. The summed E-state index contributed by atoms with van der Waals surface area (Å²) < 4.78 is 0. The summed E-state index contributed by atoms with van der Waals surface area (Å²) in [6.07, 6.45) is 1.88. The normalized spacial score (nSPS) is 10.3. The Kier molecular flexibility index (Phi) is 3.13. The SMILES string of the molecule is Cc1nc(N)nc(Cc2ccccn2)c1[N+](=O)[O-]. The first-order valence-electron chi connectivity index (χ1n) is 5.25. The summed E-state index contributed by atoms with van der Waals surface area (Å²) in [5, 5.41) is 11.0. The fourth-order valence-corrected chi connectivity index (χ4v) is 1.68. The second kappa shape index (κ2) is 4.74. The second-order valence-corrected chi connectivity index (χ2v) is 3.72. The summed E-state index contributed by atoms with van der Waals surface area (Å²) in [4.78, 5) is 22.4. The molecular formula is C11H11N5O2. The van der Waals surface area contributed by atoms with E-state index in [1.54, 1.807) is 18.3 Å². The van der Waals surface area contributed by atoms with Gasteiger partial charge in [-0.25, -0.2) is 9.97 Å². The highest BCUT2D eigenvalue weighted by Gasteiger charge is 2.21. The number of nitrogen functional groups attached to an aromatic ring is 1. The van der Waals surface area contributed by atoms with E-state index in [4.69, 9.17) is 5.73 Å². The molecule has 0 saturated carbocycles. The van der Waals surface area contributed by atoms with Gasteiger partial charge in [-0.3, -0.25) is 15.1 Å². The van der Waals surface area contributed by atoms with Crippen molar-refractivity contribution in [3.05, 3.63) is 51.6 Å². The molecule has 2 aromatic heterocycles. The maximum atomic E-state index is 11.0. The van der Waals surface area contributed by atoms with Crippen LogP contribution in [0.3, 0.4) is 0 Å². The van der Waals surface area contributed by atoms with Crippen LogP contribution >= 0.6 is 0 Å². The average Bonchev–Trinajstić information content (AvgIpc) is 2.28. The van der Waals surface area contributed by atoms with Crippen LogP contribution in [0, 0.1) is 17.0 Å². The van der Waals surface area contributed by atoms with Gasteiger partial charge in [-0.05, 0) is 19.1 Å². The third-order valence-corrected chi connectivity index (χ3v) is 2.41. The lowest BCUT2D eigenvalue weighted by atomic mass is 10.1. The average molecular weight is 245 g/mol. The molecule has 0 aliphatic rings. The van der Waals surface area contributed by atoms with E-state index >= 15 is 0 Å². The molecule has 0 fully saturated rings. The van der Waals surface area contributed by atoms with Gasteiger partial charge < -0.3 is 5.73 Å². The molecule has 0 bridgehead atoms. The number of nitrogens with two attached hydrogens (primary N) is 1. The molecule has 0 atom stereocenters. The Bertz CT molecular complexity index is 585. The lowest BCUT2D eigenvalue weighted by Gasteiger charge is -2.05. The first-order chi connectivity index (χ1) is 8.58. The molecule has 0 aromatic carbocycles. The van der Waals surface area contributed by atoms with Crippen LogP contribution < -0.4 is 5.73 Å². The van der Waals surface area contributed by atoms with Crippen molar-refractivity contribution >= 4 is 11.6 Å². The Morgan fingerprint density at radius 1 is 1.39 bits per heavy atom. The summed E-state index contributed by atoms with van der Waals surface area (Å²) in [6.45, 7) is 1.54. The number of rotatable bonds is 3. The zero-order valence-electron chi connectivity index (χ0n) is 9.70. The highest BCUT2D eigenvalue weighted by atomic mass is 16.6. The topological polar surface area (TPSA) is 108 Å². The van der Waals surface area contributed by atoms with Crippen molar-refractivity contribution in [2.45, 2.75) is 13.3 Å². The van der Waals surface area contributed by atoms with Gasteiger partial charge in [-0.15, -0.1) is 0 Å². The summed E-state index contributed by atoms with van der Waals surface area (Å²) in [5.74, 6) is 0.0315. The number of hydrogen-bond acceptors (Lipinski definition) is 6. The number of hydrogen-bond donors (Lipinski definition) is 1. The molecule has 2 aromatic rings. The summed E-state index contributed by atoms with van der Waals surface area (Å²) in [7, 11) is 0. The van der Waals surface area contributed by atoms with Gasteiger partial charge in [-0.2, -0.15) is 0 Å². The quantitative estimate of drug-likeness (QED) is 0.644. The fourth-order valence-electron chi connectivity index (χ4n) is 1.68. The van der Waals surface area contributed by atoms with Crippen LogP contribution in [0.4, 0.5) is 11.6 Å². The first kappa shape index (κ1) is 11.9. The van der Waals surface area contributed by atoms with Crippen molar-refractivity contribution in [1.29, 1.82) is 0 Å². The fraction of sp³-hybridized carbons (Fsp3) is 0.182. The molecule has 7 nitrogen and oxygen atoms in total. The smallest absolute Gasteiger partial charge is 0.312 e. The van der Waals surface area contributed by atoms with Gasteiger partial charge in [0.1, 0.15) is 11.4 Å². The van der Waals surface area contributed by atoms with Gasteiger partial charge in [0.05, 0.1) is 4.92 Å². The molecule has 0 unspecified atom stereocenters. The van der Waals surface area contributed by atoms with Crippen LogP contribution in [0.5, 0.6) is 0 Å². The van der Waals surface area contributed by atoms with Crippen LogP contribution in [-0.2, 0) is 6.42 Å². The Balaban J connectivity index is 2.46. The molecule has 0 aliphatic heterocycles. The monoisotopic (exact) mass is 245 g/mol. The largest absolute Gasteiger partial charge is 0.368 e. The van der Waals surface area contributed by atoms with Crippen LogP contribution in [0.25, 0.3) is 0 Å². The third kappa shape index (κ3) is 2.40. The molecule has 2 N–H and O–H groups in total. The Labute approximate surface area is 103 Å². The number of nitro groups is 1. The number of nitrogens with zero attached hydrogens (tertiary/aromatic N) is 4. The van der Waals surface area contributed by atoms with Gasteiger partial charge in [0.25, 0.3) is 0 Å². The van der Waals surface area contributed by atoms with Gasteiger partial charge in [0, 0.05) is 18.3 Å². The minimum Gasteiger partial charge on any atom is -0.368 e. The zero-order chi connectivity index (χ0) is 13.1. The molecular weight excluding hydrogens is 234 g/mol. The molecule has 2 heterocycles. The Morgan fingerprint density at radius 3 is 2.78 bits per heavy atom. The standard InChI is InChI=1S/C11H11N5O2/c1-7-10(16(17)18)9(15-11(12)14-7)6-8-4-2-3-5-13-8/h2-5H,6H2,1H3,(H2,12,14,15). The van der Waals surface area contributed by atoms with Gasteiger partial charge >= 0.3 is 5.69 Å². The molecule has 0 saturated heterocycles. The van der Waals surface area contributed by atoms with Crippen LogP contribution in [0.15, 0.2) is 24.4 Å². The first-order valence-corrected chi connectivity index (χ1v) is 5.25. The predicted molar refractivity (Wildman–Crippen MR) is 64.9 cm³/mol. The molecule has 0 radical (unpaired) electrons. The minimum atomic E-state index is -0.493. The van der Waals surface area contributed by atoms with Crippen molar-refractivity contribution in [1.82, 2.24) is 15.0 Å². The van der Waals surface area contributed by atoms with Crippen molar-refractivity contribution in [2.24, 2.45) is 0 Å². The molecule has 7 heteroatoms. The number of pyridine rings is 1. The van der Waals surface area contributed by atoms with Gasteiger partial charge in [0.15, 0.2) is 0 Å². The number of anilines is 1. The maximum absolute atomic E-state index is 11.0. The van der Waals surface area contributed by atoms with E-state index in [-0.39, 0.29) is 29.4 Å². The minimum absolute atomic E-state index is 0.0315. The molecule has 0 amide bonds. The highest BCUT2D eigenvalue weighted by molar-refractivity contribution is 5.44. The molecule has 92 valence electrons. The molecule has 18 heavy (non-hydrogen) atoms. The second-order valence-electron chi connectivity index (χ2n) is 3.72. The summed E-state index contributed by atoms with van der Waals surface area (Å²) in [5.41, 5.74) is 6.65. The summed E-state index contributed by atoms with van der Waals surface area (Å²) >= 11 is 0. The predicted octanol–water partition coefficient (Wildman–Crippen LogP) is 1.26. The summed E-state index contributed by atoms with van der Waals surface area (Å²) in [6, 6.07) is 5.36. The Hall–Kier alpha value is -2.57. The number of aromatic nitrogens is 3. The van der Waals surface area contributed by atoms with E-state index in [1.165, 1.54) is 6.92 Å². The van der Waals surface area contributed by atoms with E-state index in [9.17, 15) is 10.1 Å². The number of aryl methyl sites for hydroxylation is 1. The van der Waals surface area contributed by atoms with E-state index in [2.05, 4.69) is 15.0 Å². The van der Waals surface area contributed by atoms with E-state index in [0.717, 1.165) is 0 Å². The van der Waals surface area contributed by atoms with Gasteiger partial charge in [-0.1, -0.05) is 6.07 Å². The van der Waals surface area contributed by atoms with Crippen molar-refractivity contribution in [2.75, 3.05) is 5.73 Å². The highest BCUT2D eigenvalue weighted by Crippen LogP contribution is 2.22. The van der Waals surface area contributed by atoms with Crippen molar-refractivity contribution < 1.29 is 4.92 Å².